The normalized spacial score (nSPS) is 10.8. The molecule has 0 radical (unpaired) electrons. The number of phenolic OH excluding ortho intramolecular Hbond substituents is 1. The lowest BCUT2D eigenvalue weighted by Gasteiger charge is -1.99. The summed E-state index contributed by atoms with van der Waals surface area (Å²) >= 11 is 0. The molecule has 0 bridgehead atoms. The number of hydrogen-bond acceptors (Lipinski definition) is 4. The molecule has 0 aliphatic rings. The van der Waals surface area contributed by atoms with E-state index >= 15 is 0 Å². The van der Waals surface area contributed by atoms with Crippen LogP contribution in [-0.2, 0) is 0 Å². The Morgan fingerprint density at radius 1 is 1.06 bits per heavy atom. The first-order valence-corrected chi connectivity index (χ1v) is 4.97. The van der Waals surface area contributed by atoms with E-state index in [0.29, 0.717) is 17.0 Å². The van der Waals surface area contributed by atoms with Gasteiger partial charge in [0.25, 0.3) is 0 Å². The summed E-state index contributed by atoms with van der Waals surface area (Å²) in [6.45, 7) is 0. The Bertz CT molecular complexity index is 727. The largest absolute Gasteiger partial charge is 0.508 e. The van der Waals surface area contributed by atoms with Gasteiger partial charge in [0.05, 0.1) is 11.9 Å². The number of aromatic nitrogens is 4. The van der Waals surface area contributed by atoms with E-state index in [1.54, 1.807) is 30.5 Å². The van der Waals surface area contributed by atoms with E-state index in [4.69, 9.17) is 0 Å². The number of aromatic amines is 2. The highest BCUT2D eigenvalue weighted by molar-refractivity contribution is 5.70. The van der Waals surface area contributed by atoms with Crippen molar-refractivity contribution in [2.24, 2.45) is 0 Å². The molecule has 0 saturated heterocycles. The van der Waals surface area contributed by atoms with Crippen molar-refractivity contribution < 1.29 is 5.11 Å². The van der Waals surface area contributed by atoms with E-state index < -0.39 is 0 Å². The molecule has 2 heterocycles. The maximum Gasteiger partial charge on any atom is 0.326 e. The molecule has 0 amide bonds. The molecule has 2 aromatic heterocycles. The molecule has 0 saturated carbocycles. The van der Waals surface area contributed by atoms with Crippen molar-refractivity contribution in [1.29, 1.82) is 0 Å². The minimum Gasteiger partial charge on any atom is -0.508 e. The van der Waals surface area contributed by atoms with Crippen molar-refractivity contribution in [3.8, 4) is 17.0 Å². The van der Waals surface area contributed by atoms with Crippen LogP contribution in [0.5, 0.6) is 5.75 Å². The van der Waals surface area contributed by atoms with E-state index in [-0.39, 0.29) is 11.4 Å². The molecule has 84 valence electrons. The van der Waals surface area contributed by atoms with Gasteiger partial charge in [0, 0.05) is 5.56 Å². The molecular formula is C11H8N4O2. The lowest BCUT2D eigenvalue weighted by Crippen LogP contribution is -1.99. The van der Waals surface area contributed by atoms with E-state index in [0.717, 1.165) is 5.56 Å². The highest BCUT2D eigenvalue weighted by atomic mass is 16.3. The smallest absolute Gasteiger partial charge is 0.326 e. The zero-order valence-corrected chi connectivity index (χ0v) is 8.64. The maximum absolute atomic E-state index is 11.1. The van der Waals surface area contributed by atoms with Crippen molar-refractivity contribution in [3.05, 3.63) is 40.9 Å². The number of benzene rings is 1. The molecular weight excluding hydrogens is 220 g/mol. The predicted octanol–water partition coefficient (Wildman–Crippen LogP) is 1.02. The molecule has 0 atom stereocenters. The van der Waals surface area contributed by atoms with Crippen LogP contribution in [0.3, 0.4) is 0 Å². The molecule has 3 aromatic rings. The molecule has 1 aromatic carbocycles. The number of fused-ring (bicyclic) bond motifs is 1. The third-order valence-electron chi connectivity index (χ3n) is 2.40. The molecule has 0 fully saturated rings. The Hall–Kier alpha value is -2.63. The van der Waals surface area contributed by atoms with Gasteiger partial charge in [0.2, 0.25) is 0 Å². The number of aromatic hydroxyl groups is 1. The molecule has 0 aliphatic carbocycles. The summed E-state index contributed by atoms with van der Waals surface area (Å²) in [6, 6.07) is 6.61. The Morgan fingerprint density at radius 3 is 2.53 bits per heavy atom. The summed E-state index contributed by atoms with van der Waals surface area (Å²) in [4.78, 5) is 24.5. The Labute approximate surface area is 95.0 Å². The summed E-state index contributed by atoms with van der Waals surface area (Å²) in [5, 5.41) is 9.19. The molecule has 6 heteroatoms. The van der Waals surface area contributed by atoms with E-state index in [2.05, 4.69) is 19.9 Å². The number of H-pyrrole nitrogens is 2. The summed E-state index contributed by atoms with van der Waals surface area (Å²) in [5.74, 6) is 0.192. The van der Waals surface area contributed by atoms with Crippen LogP contribution < -0.4 is 5.69 Å². The topological polar surface area (TPSA) is 94.7 Å². The summed E-state index contributed by atoms with van der Waals surface area (Å²) in [7, 11) is 0. The molecule has 17 heavy (non-hydrogen) atoms. The summed E-state index contributed by atoms with van der Waals surface area (Å²) < 4.78 is 0. The standard InChI is InChI=1S/C11H8N4O2/c16-7-3-1-6(2-4-7)8-5-12-9-10(13-8)15-11(17)14-9/h1-5,16H,(H2,12,13,14,15,17). The lowest BCUT2D eigenvalue weighted by atomic mass is 10.1. The number of phenols is 1. The van der Waals surface area contributed by atoms with Crippen LogP contribution in [0.15, 0.2) is 35.3 Å². The van der Waals surface area contributed by atoms with Crippen LogP contribution in [0.2, 0.25) is 0 Å². The van der Waals surface area contributed by atoms with Crippen LogP contribution in [0.25, 0.3) is 22.6 Å². The lowest BCUT2D eigenvalue weighted by molar-refractivity contribution is 0.475. The van der Waals surface area contributed by atoms with Gasteiger partial charge >= 0.3 is 5.69 Å². The maximum atomic E-state index is 11.1. The number of imidazole rings is 1. The van der Waals surface area contributed by atoms with Gasteiger partial charge in [-0.2, -0.15) is 0 Å². The van der Waals surface area contributed by atoms with Gasteiger partial charge in [-0.3, -0.25) is 9.97 Å². The zero-order valence-electron chi connectivity index (χ0n) is 8.64. The van der Waals surface area contributed by atoms with Crippen LogP contribution in [0.4, 0.5) is 0 Å². The number of hydrogen-bond donors (Lipinski definition) is 3. The van der Waals surface area contributed by atoms with E-state index in [1.165, 1.54) is 0 Å². The Balaban J connectivity index is 2.17. The Kier molecular flexibility index (Phi) is 1.94. The van der Waals surface area contributed by atoms with Crippen LogP contribution in [0, 0.1) is 0 Å². The average molecular weight is 228 g/mol. The molecule has 0 aliphatic heterocycles. The van der Waals surface area contributed by atoms with Gasteiger partial charge in [-0.25, -0.2) is 14.8 Å². The predicted molar refractivity (Wildman–Crippen MR) is 61.6 cm³/mol. The fraction of sp³-hybridized carbons (Fsp3) is 0. The van der Waals surface area contributed by atoms with Crippen LogP contribution >= 0.6 is 0 Å². The second kappa shape index (κ2) is 3.44. The van der Waals surface area contributed by atoms with Crippen molar-refractivity contribution in [1.82, 2.24) is 19.9 Å². The van der Waals surface area contributed by atoms with Crippen molar-refractivity contribution >= 4 is 11.3 Å². The molecule has 0 spiro atoms. The first-order valence-electron chi connectivity index (χ1n) is 4.97. The fourth-order valence-electron chi connectivity index (χ4n) is 1.59. The van der Waals surface area contributed by atoms with Gasteiger partial charge in [-0.05, 0) is 24.3 Å². The molecule has 3 N–H and O–H groups in total. The third kappa shape index (κ3) is 1.65. The fourth-order valence-corrected chi connectivity index (χ4v) is 1.59. The first-order chi connectivity index (χ1) is 8.22. The highest BCUT2D eigenvalue weighted by Gasteiger charge is 2.04. The SMILES string of the molecule is O=c1[nH]c2ncc(-c3ccc(O)cc3)nc2[nH]1. The Morgan fingerprint density at radius 2 is 1.76 bits per heavy atom. The third-order valence-corrected chi connectivity index (χ3v) is 2.40. The minimum absolute atomic E-state index is 0.192. The first kappa shape index (κ1) is 9.59. The summed E-state index contributed by atoms with van der Waals surface area (Å²) in [6.07, 6.45) is 1.57. The zero-order chi connectivity index (χ0) is 11.8. The highest BCUT2D eigenvalue weighted by Crippen LogP contribution is 2.19. The molecule has 6 nitrogen and oxygen atoms in total. The van der Waals surface area contributed by atoms with Gasteiger partial charge < -0.3 is 5.11 Å². The van der Waals surface area contributed by atoms with Crippen molar-refractivity contribution in [2.75, 3.05) is 0 Å². The molecule has 3 rings (SSSR count). The molecule has 0 unspecified atom stereocenters. The second-order valence-corrected chi connectivity index (χ2v) is 3.58. The second-order valence-electron chi connectivity index (χ2n) is 3.58. The summed E-state index contributed by atoms with van der Waals surface area (Å²) in [5.41, 5.74) is 1.97. The minimum atomic E-state index is -0.331. The quantitative estimate of drug-likeness (QED) is 0.579. The van der Waals surface area contributed by atoms with E-state index in [1.807, 2.05) is 0 Å². The van der Waals surface area contributed by atoms with Crippen LogP contribution in [0.1, 0.15) is 0 Å². The van der Waals surface area contributed by atoms with Gasteiger partial charge in [0.1, 0.15) is 5.75 Å². The van der Waals surface area contributed by atoms with E-state index in [9.17, 15) is 9.90 Å². The van der Waals surface area contributed by atoms with Crippen LogP contribution in [-0.4, -0.2) is 25.0 Å². The van der Waals surface area contributed by atoms with Gasteiger partial charge in [-0.15, -0.1) is 0 Å². The average Bonchev–Trinajstić information content (AvgIpc) is 2.69. The van der Waals surface area contributed by atoms with Gasteiger partial charge in [-0.1, -0.05) is 0 Å². The number of rotatable bonds is 1. The van der Waals surface area contributed by atoms with Crippen molar-refractivity contribution in [3.63, 3.8) is 0 Å². The number of nitrogens with one attached hydrogen (secondary N) is 2. The van der Waals surface area contributed by atoms with Crippen molar-refractivity contribution in [2.45, 2.75) is 0 Å². The monoisotopic (exact) mass is 228 g/mol. The number of nitrogens with zero attached hydrogens (tertiary/aromatic N) is 2. The van der Waals surface area contributed by atoms with Gasteiger partial charge in [0.15, 0.2) is 11.3 Å².